The zero-order chi connectivity index (χ0) is 11.4. The lowest BCUT2D eigenvalue weighted by Gasteiger charge is -2.08. The summed E-state index contributed by atoms with van der Waals surface area (Å²) in [5.74, 6) is 0.538. The minimum Gasteiger partial charge on any atom is -0.496 e. The highest BCUT2D eigenvalue weighted by Crippen LogP contribution is 2.28. The van der Waals surface area contributed by atoms with Crippen LogP contribution in [0.3, 0.4) is 0 Å². The summed E-state index contributed by atoms with van der Waals surface area (Å²) in [6, 6.07) is 4.33. The average molecular weight is 208 g/mol. The van der Waals surface area contributed by atoms with Gasteiger partial charge in [-0.2, -0.15) is 0 Å². The second-order valence-corrected chi connectivity index (χ2v) is 2.95. The largest absolute Gasteiger partial charge is 0.496 e. The Kier molecular flexibility index (Phi) is 3.41. The molecule has 0 amide bonds. The van der Waals surface area contributed by atoms with Crippen LogP contribution in [-0.4, -0.2) is 18.6 Å². The van der Waals surface area contributed by atoms with Crippen LogP contribution < -0.4 is 10.5 Å². The van der Waals surface area contributed by atoms with Gasteiger partial charge in [0.25, 0.3) is 5.69 Å². The molecule has 0 radical (unpaired) electrons. The maximum Gasteiger partial charge on any atom is 0.270 e. The van der Waals surface area contributed by atoms with Gasteiger partial charge in [0.1, 0.15) is 5.75 Å². The van der Waals surface area contributed by atoms with E-state index in [2.05, 4.69) is 6.58 Å². The first kappa shape index (κ1) is 11.2. The SMILES string of the molecule is C=C(CN)c1cc([N+](=O)[O-])ccc1OC. The van der Waals surface area contributed by atoms with Crippen LogP contribution in [0.4, 0.5) is 5.69 Å². The molecule has 1 aromatic rings. The van der Waals surface area contributed by atoms with E-state index in [-0.39, 0.29) is 12.2 Å². The zero-order valence-corrected chi connectivity index (χ0v) is 8.40. The maximum atomic E-state index is 10.6. The fraction of sp³-hybridized carbons (Fsp3) is 0.200. The van der Waals surface area contributed by atoms with Gasteiger partial charge < -0.3 is 10.5 Å². The first-order chi connectivity index (χ1) is 7.10. The van der Waals surface area contributed by atoms with Gasteiger partial charge in [-0.25, -0.2) is 0 Å². The molecule has 0 heterocycles. The van der Waals surface area contributed by atoms with Crippen molar-refractivity contribution in [2.24, 2.45) is 5.73 Å². The standard InChI is InChI=1S/C10H12N2O3/c1-7(6-11)9-5-8(12(13)14)3-4-10(9)15-2/h3-5H,1,6,11H2,2H3. The maximum absolute atomic E-state index is 10.6. The molecule has 0 aliphatic carbocycles. The summed E-state index contributed by atoms with van der Waals surface area (Å²) in [6.07, 6.45) is 0. The Morgan fingerprint density at radius 2 is 2.33 bits per heavy atom. The predicted molar refractivity (Wildman–Crippen MR) is 57.7 cm³/mol. The van der Waals surface area contributed by atoms with E-state index in [4.69, 9.17) is 10.5 Å². The number of benzene rings is 1. The summed E-state index contributed by atoms with van der Waals surface area (Å²) in [7, 11) is 1.49. The van der Waals surface area contributed by atoms with Gasteiger partial charge in [0.2, 0.25) is 0 Å². The summed E-state index contributed by atoms with van der Waals surface area (Å²) in [6.45, 7) is 3.96. The molecular formula is C10H12N2O3. The number of nitrogens with zero attached hydrogens (tertiary/aromatic N) is 1. The van der Waals surface area contributed by atoms with Crippen LogP contribution in [0.15, 0.2) is 24.8 Å². The molecule has 5 nitrogen and oxygen atoms in total. The highest BCUT2D eigenvalue weighted by Gasteiger charge is 2.12. The number of hydrogen-bond donors (Lipinski definition) is 1. The predicted octanol–water partition coefficient (Wildman–Crippen LogP) is 1.58. The van der Waals surface area contributed by atoms with Crippen molar-refractivity contribution < 1.29 is 9.66 Å². The molecule has 0 unspecified atom stereocenters. The number of nitro groups is 1. The third-order valence-electron chi connectivity index (χ3n) is 2.02. The molecule has 0 aromatic heterocycles. The molecule has 0 fully saturated rings. The smallest absolute Gasteiger partial charge is 0.270 e. The highest BCUT2D eigenvalue weighted by atomic mass is 16.6. The molecule has 15 heavy (non-hydrogen) atoms. The Bertz CT molecular complexity index is 402. The van der Waals surface area contributed by atoms with Crippen molar-refractivity contribution in [3.63, 3.8) is 0 Å². The van der Waals surface area contributed by atoms with Gasteiger partial charge in [-0.05, 0) is 11.6 Å². The molecule has 0 saturated heterocycles. The normalized spacial score (nSPS) is 9.73. The summed E-state index contributed by atoms with van der Waals surface area (Å²) in [5, 5.41) is 10.6. The Morgan fingerprint density at radius 1 is 1.67 bits per heavy atom. The molecule has 0 bridgehead atoms. The number of nitro benzene ring substituents is 1. The Labute approximate surface area is 87.3 Å². The van der Waals surface area contributed by atoms with E-state index in [0.717, 1.165) is 0 Å². The molecular weight excluding hydrogens is 196 g/mol. The van der Waals surface area contributed by atoms with E-state index in [1.165, 1.54) is 25.3 Å². The van der Waals surface area contributed by atoms with Crippen LogP contribution in [-0.2, 0) is 0 Å². The third kappa shape index (κ3) is 2.32. The molecule has 0 aliphatic heterocycles. The Morgan fingerprint density at radius 3 is 2.80 bits per heavy atom. The van der Waals surface area contributed by atoms with E-state index in [1.807, 2.05) is 0 Å². The van der Waals surface area contributed by atoms with Crippen LogP contribution in [0.2, 0.25) is 0 Å². The Balaban J connectivity index is 3.25. The van der Waals surface area contributed by atoms with E-state index in [9.17, 15) is 10.1 Å². The number of methoxy groups -OCH3 is 1. The molecule has 1 rings (SSSR count). The first-order valence-electron chi connectivity index (χ1n) is 4.30. The number of rotatable bonds is 4. The van der Waals surface area contributed by atoms with Crippen molar-refractivity contribution in [1.82, 2.24) is 0 Å². The first-order valence-corrected chi connectivity index (χ1v) is 4.30. The number of hydrogen-bond acceptors (Lipinski definition) is 4. The second kappa shape index (κ2) is 4.56. The van der Waals surface area contributed by atoms with Crippen molar-refractivity contribution in [1.29, 1.82) is 0 Å². The monoisotopic (exact) mass is 208 g/mol. The molecule has 5 heteroatoms. The second-order valence-electron chi connectivity index (χ2n) is 2.95. The number of ether oxygens (including phenoxy) is 1. The number of non-ortho nitro benzene ring substituents is 1. The van der Waals surface area contributed by atoms with Gasteiger partial charge in [0.05, 0.1) is 12.0 Å². The van der Waals surface area contributed by atoms with E-state index in [1.54, 1.807) is 0 Å². The lowest BCUT2D eigenvalue weighted by atomic mass is 10.1. The summed E-state index contributed by atoms with van der Waals surface area (Å²) in [4.78, 5) is 10.1. The molecule has 0 spiro atoms. The third-order valence-corrected chi connectivity index (χ3v) is 2.02. The molecule has 1 aromatic carbocycles. The number of nitrogens with two attached hydrogens (primary N) is 1. The average Bonchev–Trinajstić information content (AvgIpc) is 2.27. The molecule has 2 N–H and O–H groups in total. The van der Waals surface area contributed by atoms with E-state index < -0.39 is 4.92 Å². The zero-order valence-electron chi connectivity index (χ0n) is 8.40. The van der Waals surface area contributed by atoms with Gasteiger partial charge in [0.15, 0.2) is 0 Å². The highest BCUT2D eigenvalue weighted by molar-refractivity contribution is 5.71. The van der Waals surface area contributed by atoms with Crippen molar-refractivity contribution in [3.8, 4) is 5.75 Å². The van der Waals surface area contributed by atoms with Crippen molar-refractivity contribution in [3.05, 3.63) is 40.5 Å². The summed E-state index contributed by atoms with van der Waals surface area (Å²) < 4.78 is 5.06. The minimum atomic E-state index is -0.466. The van der Waals surface area contributed by atoms with E-state index in [0.29, 0.717) is 16.9 Å². The van der Waals surface area contributed by atoms with Crippen molar-refractivity contribution in [2.75, 3.05) is 13.7 Å². The van der Waals surface area contributed by atoms with Gasteiger partial charge in [-0.15, -0.1) is 0 Å². The van der Waals surface area contributed by atoms with Gasteiger partial charge in [0, 0.05) is 24.2 Å². The van der Waals surface area contributed by atoms with Crippen molar-refractivity contribution >= 4 is 11.3 Å². The van der Waals surface area contributed by atoms with Crippen LogP contribution in [0.25, 0.3) is 5.57 Å². The lowest BCUT2D eigenvalue weighted by molar-refractivity contribution is -0.384. The summed E-state index contributed by atoms with van der Waals surface area (Å²) in [5.41, 5.74) is 6.61. The van der Waals surface area contributed by atoms with Crippen LogP contribution >= 0.6 is 0 Å². The van der Waals surface area contributed by atoms with Gasteiger partial charge in [-0.1, -0.05) is 6.58 Å². The van der Waals surface area contributed by atoms with Crippen LogP contribution in [0.1, 0.15) is 5.56 Å². The summed E-state index contributed by atoms with van der Waals surface area (Å²) >= 11 is 0. The van der Waals surface area contributed by atoms with Crippen molar-refractivity contribution in [2.45, 2.75) is 0 Å². The van der Waals surface area contributed by atoms with Crippen LogP contribution in [0, 0.1) is 10.1 Å². The molecule has 0 saturated carbocycles. The fourth-order valence-electron chi connectivity index (χ4n) is 1.20. The van der Waals surface area contributed by atoms with Gasteiger partial charge >= 0.3 is 0 Å². The molecule has 0 atom stereocenters. The molecule has 80 valence electrons. The van der Waals surface area contributed by atoms with Crippen LogP contribution in [0.5, 0.6) is 5.75 Å². The molecule has 0 aliphatic rings. The quantitative estimate of drug-likeness (QED) is 0.601. The Hall–Kier alpha value is -1.88. The topological polar surface area (TPSA) is 78.4 Å². The minimum absolute atomic E-state index is 0.000370. The van der Waals surface area contributed by atoms with Gasteiger partial charge in [-0.3, -0.25) is 10.1 Å². The fourth-order valence-corrected chi connectivity index (χ4v) is 1.20. The lowest BCUT2D eigenvalue weighted by Crippen LogP contribution is -2.03. The van der Waals surface area contributed by atoms with E-state index >= 15 is 0 Å².